The van der Waals surface area contributed by atoms with E-state index in [9.17, 15) is 0 Å². The van der Waals surface area contributed by atoms with Gasteiger partial charge in [0.2, 0.25) is 0 Å². The molecule has 0 amide bonds. The van der Waals surface area contributed by atoms with E-state index in [1.165, 1.54) is 5.56 Å². The predicted octanol–water partition coefficient (Wildman–Crippen LogP) is 5.61. The van der Waals surface area contributed by atoms with Crippen molar-refractivity contribution in [3.05, 3.63) is 83.4 Å². The summed E-state index contributed by atoms with van der Waals surface area (Å²) in [5.41, 5.74) is 6.28. The zero-order valence-electron chi connectivity index (χ0n) is 17.1. The Morgan fingerprint density at radius 1 is 0.968 bits per heavy atom. The molecule has 2 aromatic carbocycles. The van der Waals surface area contributed by atoms with Crippen molar-refractivity contribution in [3.63, 3.8) is 0 Å². The molecule has 31 heavy (non-hydrogen) atoms. The van der Waals surface area contributed by atoms with Crippen LogP contribution in [0, 0.1) is 5.92 Å². The SMILES string of the molecule is Brc1ccc(-c2cc(NC(c3cccnc3)C3CCNCC3)cc3nccnc23)cc1. The van der Waals surface area contributed by atoms with Gasteiger partial charge in [-0.05, 0) is 73.3 Å². The number of nitrogens with zero attached hydrogens (tertiary/aromatic N) is 3. The topological polar surface area (TPSA) is 62.7 Å². The van der Waals surface area contributed by atoms with Crippen molar-refractivity contribution >= 4 is 32.7 Å². The van der Waals surface area contributed by atoms with Crippen LogP contribution in [0.2, 0.25) is 0 Å². The fourth-order valence-corrected chi connectivity index (χ4v) is 4.66. The van der Waals surface area contributed by atoms with Crippen LogP contribution in [0.15, 0.2) is 77.8 Å². The minimum atomic E-state index is 0.197. The molecule has 1 aliphatic rings. The maximum absolute atomic E-state index is 4.63. The van der Waals surface area contributed by atoms with E-state index in [2.05, 4.69) is 84.0 Å². The number of hydrogen-bond acceptors (Lipinski definition) is 5. The molecule has 3 heterocycles. The number of rotatable bonds is 5. The third kappa shape index (κ3) is 4.45. The molecule has 1 aliphatic heterocycles. The number of aromatic nitrogens is 3. The van der Waals surface area contributed by atoms with Gasteiger partial charge in [0.15, 0.2) is 0 Å². The van der Waals surface area contributed by atoms with Gasteiger partial charge in [0.1, 0.15) is 0 Å². The fraction of sp³-hybridized carbons (Fsp3) is 0.240. The van der Waals surface area contributed by atoms with Gasteiger partial charge >= 0.3 is 0 Å². The van der Waals surface area contributed by atoms with Crippen LogP contribution in [0.25, 0.3) is 22.2 Å². The molecule has 0 aliphatic carbocycles. The maximum Gasteiger partial charge on any atom is 0.0966 e. The van der Waals surface area contributed by atoms with Crippen molar-refractivity contribution < 1.29 is 0 Å². The Morgan fingerprint density at radius 2 is 1.77 bits per heavy atom. The molecule has 2 N–H and O–H groups in total. The molecule has 0 spiro atoms. The van der Waals surface area contributed by atoms with Crippen LogP contribution < -0.4 is 10.6 Å². The fourth-order valence-electron chi connectivity index (χ4n) is 4.40. The average molecular weight is 474 g/mol. The summed E-state index contributed by atoms with van der Waals surface area (Å²) in [5, 5.41) is 7.31. The molecule has 0 bridgehead atoms. The highest BCUT2D eigenvalue weighted by molar-refractivity contribution is 9.10. The Bertz CT molecular complexity index is 1160. The molecule has 1 saturated heterocycles. The second kappa shape index (κ2) is 9.12. The molecule has 5 nitrogen and oxygen atoms in total. The van der Waals surface area contributed by atoms with Crippen molar-refractivity contribution in [1.29, 1.82) is 0 Å². The highest BCUT2D eigenvalue weighted by Gasteiger charge is 2.25. The number of halogens is 1. The number of piperidine rings is 1. The minimum absolute atomic E-state index is 0.197. The summed E-state index contributed by atoms with van der Waals surface area (Å²) in [4.78, 5) is 13.6. The van der Waals surface area contributed by atoms with Gasteiger partial charge in [0.25, 0.3) is 0 Å². The van der Waals surface area contributed by atoms with Gasteiger partial charge in [0.05, 0.1) is 17.1 Å². The largest absolute Gasteiger partial charge is 0.378 e. The molecule has 4 aromatic rings. The summed E-state index contributed by atoms with van der Waals surface area (Å²) >= 11 is 3.53. The summed E-state index contributed by atoms with van der Waals surface area (Å²) in [7, 11) is 0. The quantitative estimate of drug-likeness (QED) is 0.394. The van der Waals surface area contributed by atoms with Gasteiger partial charge in [-0.15, -0.1) is 0 Å². The van der Waals surface area contributed by atoms with Gasteiger partial charge in [-0.2, -0.15) is 0 Å². The normalized spacial score (nSPS) is 15.6. The van der Waals surface area contributed by atoms with E-state index >= 15 is 0 Å². The van der Waals surface area contributed by atoms with E-state index in [1.54, 1.807) is 12.4 Å². The number of nitrogens with one attached hydrogen (secondary N) is 2. The number of anilines is 1. The molecule has 6 heteroatoms. The van der Waals surface area contributed by atoms with Crippen molar-refractivity contribution in [1.82, 2.24) is 20.3 Å². The van der Waals surface area contributed by atoms with Gasteiger partial charge < -0.3 is 10.6 Å². The number of hydrogen-bond donors (Lipinski definition) is 2. The average Bonchev–Trinajstić information content (AvgIpc) is 2.84. The third-order valence-electron chi connectivity index (χ3n) is 5.95. The van der Waals surface area contributed by atoms with Gasteiger partial charge in [-0.3, -0.25) is 15.0 Å². The Balaban J connectivity index is 1.57. The molecule has 1 atom stereocenters. The lowest BCUT2D eigenvalue weighted by molar-refractivity contribution is 0.335. The smallest absolute Gasteiger partial charge is 0.0966 e. The van der Waals surface area contributed by atoms with Crippen LogP contribution in [0.1, 0.15) is 24.4 Å². The molecule has 0 radical (unpaired) electrons. The standard InChI is InChI=1S/C25H24BrN5/c26-20-5-3-17(4-6-20)22-14-21(15-23-25(22)30-13-12-29-23)31-24(18-7-10-27-11-8-18)19-2-1-9-28-16-19/h1-6,9,12-16,18,24,27,31H,7-8,10-11H2. The second-order valence-electron chi connectivity index (χ2n) is 7.95. The highest BCUT2D eigenvalue weighted by Crippen LogP contribution is 2.35. The summed E-state index contributed by atoms with van der Waals surface area (Å²) in [6.07, 6.45) is 9.60. The number of benzene rings is 2. The summed E-state index contributed by atoms with van der Waals surface area (Å²) in [6, 6.07) is 17.0. The Morgan fingerprint density at radius 3 is 2.55 bits per heavy atom. The summed E-state index contributed by atoms with van der Waals surface area (Å²) in [5.74, 6) is 0.541. The molecule has 2 aromatic heterocycles. The number of fused-ring (bicyclic) bond motifs is 1. The van der Waals surface area contributed by atoms with Gasteiger partial charge in [-0.25, -0.2) is 0 Å². The minimum Gasteiger partial charge on any atom is -0.378 e. The first-order valence-corrected chi connectivity index (χ1v) is 11.4. The molecular weight excluding hydrogens is 450 g/mol. The first-order chi connectivity index (χ1) is 15.3. The van der Waals surface area contributed by atoms with Crippen LogP contribution in [0.5, 0.6) is 0 Å². The van der Waals surface area contributed by atoms with Crippen molar-refractivity contribution in [2.45, 2.75) is 18.9 Å². The molecule has 0 saturated carbocycles. The Labute approximate surface area is 190 Å². The zero-order chi connectivity index (χ0) is 21.0. The van der Waals surface area contributed by atoms with Crippen LogP contribution in [-0.2, 0) is 0 Å². The third-order valence-corrected chi connectivity index (χ3v) is 6.48. The maximum atomic E-state index is 4.63. The lowest BCUT2D eigenvalue weighted by Crippen LogP contribution is -2.33. The van der Waals surface area contributed by atoms with Crippen molar-refractivity contribution in [3.8, 4) is 11.1 Å². The molecule has 1 fully saturated rings. The Kier molecular flexibility index (Phi) is 5.91. The molecule has 1 unspecified atom stereocenters. The lowest BCUT2D eigenvalue weighted by atomic mass is 9.86. The van der Waals surface area contributed by atoms with Gasteiger partial charge in [0, 0.05) is 40.5 Å². The van der Waals surface area contributed by atoms with Crippen molar-refractivity contribution in [2.75, 3.05) is 18.4 Å². The second-order valence-corrected chi connectivity index (χ2v) is 8.87. The van der Waals surface area contributed by atoms with E-state index in [0.717, 1.165) is 58.3 Å². The van der Waals surface area contributed by atoms with Crippen LogP contribution in [0.4, 0.5) is 5.69 Å². The van der Waals surface area contributed by atoms with E-state index < -0.39 is 0 Å². The highest BCUT2D eigenvalue weighted by atomic mass is 79.9. The van der Waals surface area contributed by atoms with E-state index in [-0.39, 0.29) is 6.04 Å². The van der Waals surface area contributed by atoms with Crippen molar-refractivity contribution in [2.24, 2.45) is 5.92 Å². The van der Waals surface area contributed by atoms with E-state index in [1.807, 2.05) is 18.5 Å². The van der Waals surface area contributed by atoms with E-state index in [4.69, 9.17) is 0 Å². The van der Waals surface area contributed by atoms with Crippen LogP contribution in [0.3, 0.4) is 0 Å². The molecular formula is C25H24BrN5. The summed E-state index contributed by atoms with van der Waals surface area (Å²) < 4.78 is 1.06. The van der Waals surface area contributed by atoms with E-state index in [0.29, 0.717) is 5.92 Å². The zero-order valence-corrected chi connectivity index (χ0v) is 18.7. The first kappa shape index (κ1) is 20.1. The first-order valence-electron chi connectivity index (χ1n) is 10.7. The lowest BCUT2D eigenvalue weighted by Gasteiger charge is -2.32. The monoisotopic (exact) mass is 473 g/mol. The molecule has 156 valence electrons. The predicted molar refractivity (Wildman–Crippen MR) is 129 cm³/mol. The molecule has 5 rings (SSSR count). The van der Waals surface area contributed by atoms with Crippen LogP contribution >= 0.6 is 15.9 Å². The van der Waals surface area contributed by atoms with Gasteiger partial charge in [-0.1, -0.05) is 34.1 Å². The number of pyridine rings is 1. The Hall–Kier alpha value is -2.83. The van der Waals surface area contributed by atoms with Crippen LogP contribution in [-0.4, -0.2) is 28.0 Å². The summed E-state index contributed by atoms with van der Waals surface area (Å²) in [6.45, 7) is 2.10.